The van der Waals surface area contributed by atoms with Crippen LogP contribution in [0.4, 0.5) is 0 Å². The molecule has 0 radical (unpaired) electrons. The van der Waals surface area contributed by atoms with Crippen LogP contribution in [0.15, 0.2) is 12.2 Å². The first-order chi connectivity index (χ1) is 8.41. The molecule has 0 aromatic rings. The normalized spacial score (nSPS) is 35.2. The molecule has 3 atom stereocenters. The van der Waals surface area contributed by atoms with Crippen molar-refractivity contribution in [2.75, 3.05) is 0 Å². The number of carbonyl (C=O) groups is 2. The second-order valence-corrected chi connectivity index (χ2v) is 6.18. The van der Waals surface area contributed by atoms with Gasteiger partial charge in [-0.15, -0.1) is 0 Å². The van der Waals surface area contributed by atoms with E-state index in [9.17, 15) is 9.59 Å². The highest BCUT2D eigenvalue weighted by molar-refractivity contribution is 5.90. The Balaban J connectivity index is 1.92. The van der Waals surface area contributed by atoms with Crippen LogP contribution in [-0.2, 0) is 14.3 Å². The van der Waals surface area contributed by atoms with E-state index in [1.54, 1.807) is 6.92 Å². The Morgan fingerprint density at radius 2 is 2.28 bits per heavy atom. The summed E-state index contributed by atoms with van der Waals surface area (Å²) in [7, 11) is 0. The van der Waals surface area contributed by atoms with E-state index < -0.39 is 0 Å². The quantitative estimate of drug-likeness (QED) is 0.569. The van der Waals surface area contributed by atoms with E-state index in [0.29, 0.717) is 12.0 Å². The molecule has 3 unspecified atom stereocenters. The molecule has 0 aromatic carbocycles. The molecule has 2 fully saturated rings. The molecule has 1 saturated heterocycles. The number of carbonyl (C=O) groups excluding carboxylic acids is 2. The molecule has 2 rings (SSSR count). The molecule has 3 nitrogen and oxygen atoms in total. The lowest BCUT2D eigenvalue weighted by Crippen LogP contribution is -2.33. The monoisotopic (exact) mass is 250 g/mol. The van der Waals surface area contributed by atoms with Crippen LogP contribution >= 0.6 is 0 Å². The van der Waals surface area contributed by atoms with Gasteiger partial charge in [-0.05, 0) is 44.4 Å². The maximum atomic E-state index is 11.5. The Labute approximate surface area is 109 Å². The highest BCUT2D eigenvalue weighted by atomic mass is 16.6. The van der Waals surface area contributed by atoms with Crippen LogP contribution < -0.4 is 0 Å². The van der Waals surface area contributed by atoms with Crippen molar-refractivity contribution in [1.82, 2.24) is 0 Å². The van der Waals surface area contributed by atoms with Gasteiger partial charge in [0.1, 0.15) is 11.9 Å². The third-order valence-electron chi connectivity index (χ3n) is 4.48. The fraction of sp³-hybridized carbons (Fsp3) is 0.733. The van der Waals surface area contributed by atoms with Gasteiger partial charge in [-0.25, -0.2) is 4.79 Å². The van der Waals surface area contributed by atoms with Crippen LogP contribution in [0.3, 0.4) is 0 Å². The summed E-state index contributed by atoms with van der Waals surface area (Å²) in [4.78, 5) is 22.5. The summed E-state index contributed by atoms with van der Waals surface area (Å²) in [6, 6.07) is 0. The molecule has 2 aliphatic rings. The largest absolute Gasteiger partial charge is 0.458 e. The first-order valence-electron chi connectivity index (χ1n) is 6.80. The van der Waals surface area contributed by atoms with E-state index in [0.717, 1.165) is 32.1 Å². The van der Waals surface area contributed by atoms with E-state index in [1.165, 1.54) is 0 Å². The van der Waals surface area contributed by atoms with Crippen molar-refractivity contribution in [3.05, 3.63) is 12.2 Å². The zero-order valence-corrected chi connectivity index (χ0v) is 11.3. The van der Waals surface area contributed by atoms with Gasteiger partial charge >= 0.3 is 5.97 Å². The van der Waals surface area contributed by atoms with E-state index in [-0.39, 0.29) is 29.2 Å². The van der Waals surface area contributed by atoms with Crippen molar-refractivity contribution in [3.8, 4) is 0 Å². The second-order valence-electron chi connectivity index (χ2n) is 6.18. The summed E-state index contributed by atoms with van der Waals surface area (Å²) in [6.07, 6.45) is 5.68. The number of rotatable bonds is 4. The fourth-order valence-corrected chi connectivity index (χ4v) is 3.30. The molecule has 3 heteroatoms. The van der Waals surface area contributed by atoms with Crippen molar-refractivity contribution in [2.45, 2.75) is 58.5 Å². The van der Waals surface area contributed by atoms with Crippen molar-refractivity contribution in [1.29, 1.82) is 0 Å². The third kappa shape index (κ3) is 2.65. The lowest BCUT2D eigenvalue weighted by Gasteiger charge is -2.38. The van der Waals surface area contributed by atoms with Crippen LogP contribution in [0.2, 0.25) is 0 Å². The number of hydrogen-bond acceptors (Lipinski definition) is 3. The minimum Gasteiger partial charge on any atom is -0.458 e. The lowest BCUT2D eigenvalue weighted by molar-refractivity contribution is -0.141. The molecular formula is C15H22O3. The molecule has 1 heterocycles. The molecule has 0 amide bonds. The molecule has 1 saturated carbocycles. The number of ketones is 1. The second kappa shape index (κ2) is 4.87. The summed E-state index contributed by atoms with van der Waals surface area (Å²) in [5.41, 5.74) is 0.868. The fourth-order valence-electron chi connectivity index (χ4n) is 3.30. The summed E-state index contributed by atoms with van der Waals surface area (Å²) >= 11 is 0. The van der Waals surface area contributed by atoms with E-state index >= 15 is 0 Å². The summed E-state index contributed by atoms with van der Waals surface area (Å²) in [5, 5.41) is 0. The van der Waals surface area contributed by atoms with Crippen LogP contribution in [0.1, 0.15) is 52.4 Å². The minimum atomic E-state index is -0.210. The third-order valence-corrected chi connectivity index (χ3v) is 4.48. The topological polar surface area (TPSA) is 43.4 Å². The smallest absolute Gasteiger partial charge is 0.334 e. The van der Waals surface area contributed by atoms with Crippen molar-refractivity contribution in [3.63, 3.8) is 0 Å². The molecular weight excluding hydrogens is 228 g/mol. The van der Waals surface area contributed by atoms with Gasteiger partial charge < -0.3 is 9.53 Å². The number of Topliss-reactive ketones (excluding diaryl/α,β-unsaturated/α-hetero) is 1. The Bertz CT molecular complexity index is 385. The maximum absolute atomic E-state index is 11.5. The van der Waals surface area contributed by atoms with Crippen LogP contribution in [0.25, 0.3) is 0 Å². The molecule has 0 aromatic heterocycles. The van der Waals surface area contributed by atoms with Crippen LogP contribution in [0, 0.1) is 11.3 Å². The predicted molar refractivity (Wildman–Crippen MR) is 69.0 cm³/mol. The number of fused-ring (bicyclic) bond motifs is 1. The molecule has 1 aliphatic carbocycles. The Kier molecular flexibility index (Phi) is 3.60. The molecule has 0 spiro atoms. The van der Waals surface area contributed by atoms with Crippen molar-refractivity contribution >= 4 is 11.8 Å². The standard InChI is InChI=1S/C15H22O3/c1-10(16)5-4-7-15(3)8-6-12-11(2)14(17)18-13(12)9-15/h12-13H,2,4-9H2,1,3H3. The number of hydrogen-bond donors (Lipinski definition) is 0. The molecule has 1 aliphatic heterocycles. The maximum Gasteiger partial charge on any atom is 0.334 e. The zero-order chi connectivity index (χ0) is 13.3. The van der Waals surface area contributed by atoms with Gasteiger partial charge in [0.05, 0.1) is 0 Å². The first kappa shape index (κ1) is 13.3. The van der Waals surface area contributed by atoms with E-state index in [2.05, 4.69) is 13.5 Å². The lowest BCUT2D eigenvalue weighted by atomic mass is 9.67. The van der Waals surface area contributed by atoms with Crippen LogP contribution in [0.5, 0.6) is 0 Å². The number of esters is 1. The highest BCUT2D eigenvalue weighted by Crippen LogP contribution is 2.48. The predicted octanol–water partition coefficient (Wildman–Crippen LogP) is 3.03. The average molecular weight is 250 g/mol. The average Bonchev–Trinajstić information content (AvgIpc) is 2.53. The van der Waals surface area contributed by atoms with E-state index in [4.69, 9.17) is 4.74 Å². The molecule has 0 bridgehead atoms. The Morgan fingerprint density at radius 3 is 2.94 bits per heavy atom. The van der Waals surface area contributed by atoms with Crippen LogP contribution in [-0.4, -0.2) is 17.9 Å². The summed E-state index contributed by atoms with van der Waals surface area (Å²) in [5.74, 6) is 0.282. The van der Waals surface area contributed by atoms with Gasteiger partial charge in [0.2, 0.25) is 0 Å². The van der Waals surface area contributed by atoms with Gasteiger partial charge in [-0.1, -0.05) is 13.5 Å². The SMILES string of the molecule is C=C1C(=O)OC2CC(C)(CCCC(C)=O)CCC12. The van der Waals surface area contributed by atoms with Crippen molar-refractivity contribution < 1.29 is 14.3 Å². The molecule has 18 heavy (non-hydrogen) atoms. The van der Waals surface area contributed by atoms with E-state index in [1.807, 2.05) is 0 Å². The summed E-state index contributed by atoms with van der Waals surface area (Å²) < 4.78 is 5.39. The van der Waals surface area contributed by atoms with Gasteiger partial charge in [-0.2, -0.15) is 0 Å². The Hall–Kier alpha value is -1.12. The minimum absolute atomic E-state index is 0.0288. The zero-order valence-electron chi connectivity index (χ0n) is 11.3. The van der Waals surface area contributed by atoms with Crippen molar-refractivity contribution in [2.24, 2.45) is 11.3 Å². The van der Waals surface area contributed by atoms with Gasteiger partial charge in [0.15, 0.2) is 0 Å². The molecule has 100 valence electrons. The Morgan fingerprint density at radius 1 is 1.56 bits per heavy atom. The number of ether oxygens (including phenoxy) is 1. The summed E-state index contributed by atoms with van der Waals surface area (Å²) in [6.45, 7) is 7.72. The first-order valence-corrected chi connectivity index (χ1v) is 6.80. The van der Waals surface area contributed by atoms with Gasteiger partial charge in [-0.3, -0.25) is 0 Å². The molecule has 0 N–H and O–H groups in total. The highest BCUT2D eigenvalue weighted by Gasteiger charge is 2.46. The van der Waals surface area contributed by atoms with Gasteiger partial charge in [0, 0.05) is 17.9 Å². The van der Waals surface area contributed by atoms with Gasteiger partial charge in [0.25, 0.3) is 0 Å².